The summed E-state index contributed by atoms with van der Waals surface area (Å²) in [5, 5.41) is 3.48. The second kappa shape index (κ2) is 8.92. The van der Waals surface area contributed by atoms with Gasteiger partial charge in [-0.25, -0.2) is 23.1 Å². The number of alkyl halides is 2. The van der Waals surface area contributed by atoms with Crippen LogP contribution in [-0.2, 0) is 13.6 Å². The minimum atomic E-state index is -2.92. The molecule has 0 radical (unpaired) electrons. The lowest BCUT2D eigenvalue weighted by Gasteiger charge is -2.18. The van der Waals surface area contributed by atoms with Crippen LogP contribution in [-0.4, -0.2) is 25.1 Å². The Morgan fingerprint density at radius 2 is 1.89 bits per heavy atom. The molecule has 1 N–H and O–H groups in total. The van der Waals surface area contributed by atoms with E-state index < -0.39 is 23.8 Å². The van der Waals surface area contributed by atoms with E-state index in [-0.39, 0.29) is 17.2 Å². The molecule has 7 nitrogen and oxygen atoms in total. The molecule has 2 unspecified atom stereocenters. The van der Waals surface area contributed by atoms with Crippen LogP contribution in [0.1, 0.15) is 43.3 Å². The second-order valence-corrected chi connectivity index (χ2v) is 9.12. The van der Waals surface area contributed by atoms with Crippen LogP contribution in [0.4, 0.5) is 19.0 Å². The fourth-order valence-electron chi connectivity index (χ4n) is 4.62. The summed E-state index contributed by atoms with van der Waals surface area (Å²) in [6, 6.07) is 8.49. The highest BCUT2D eigenvalue weighted by atomic mass is 19.3. The number of benzene rings is 1. The molecule has 186 valence electrons. The predicted molar refractivity (Wildman–Crippen MR) is 130 cm³/mol. The van der Waals surface area contributed by atoms with Crippen molar-refractivity contribution < 1.29 is 13.2 Å². The van der Waals surface area contributed by atoms with E-state index in [4.69, 9.17) is 0 Å². The molecule has 0 amide bonds. The van der Waals surface area contributed by atoms with Gasteiger partial charge in [-0.1, -0.05) is 18.2 Å². The number of hydrogen-bond donors (Lipinski definition) is 1. The maximum absolute atomic E-state index is 14.8. The van der Waals surface area contributed by atoms with E-state index in [1.807, 2.05) is 6.07 Å². The van der Waals surface area contributed by atoms with Crippen molar-refractivity contribution in [1.29, 1.82) is 0 Å². The quantitative estimate of drug-likeness (QED) is 0.450. The number of aromatic nitrogens is 4. The number of nitrogens with one attached hydrogen (secondary N) is 1. The van der Waals surface area contributed by atoms with Gasteiger partial charge in [0.05, 0.1) is 17.2 Å². The van der Waals surface area contributed by atoms with E-state index in [0.29, 0.717) is 29.2 Å². The summed E-state index contributed by atoms with van der Waals surface area (Å²) >= 11 is 0. The summed E-state index contributed by atoms with van der Waals surface area (Å²) in [4.78, 5) is 25.8. The van der Waals surface area contributed by atoms with Gasteiger partial charge >= 0.3 is 0 Å². The second-order valence-electron chi connectivity index (χ2n) is 9.12. The normalized spacial score (nSPS) is 16.4. The number of aryl methyl sites for hydroxylation is 2. The van der Waals surface area contributed by atoms with Crippen molar-refractivity contribution in [2.45, 2.75) is 45.8 Å². The van der Waals surface area contributed by atoms with Crippen molar-refractivity contribution in [3.05, 3.63) is 81.2 Å². The average molecular weight is 495 g/mol. The highest BCUT2D eigenvalue weighted by Gasteiger charge is 2.27. The first kappa shape index (κ1) is 23.8. The summed E-state index contributed by atoms with van der Waals surface area (Å²) in [5.74, 6) is 1.05. The Balaban J connectivity index is 1.75. The van der Waals surface area contributed by atoms with Gasteiger partial charge in [-0.15, -0.1) is 0 Å². The zero-order valence-electron chi connectivity index (χ0n) is 20.3. The number of hydrogen-bond acceptors (Lipinski definition) is 5. The largest absolute Gasteiger partial charge is 0.367 e. The number of anilines is 1. The first-order valence-electron chi connectivity index (χ1n) is 11.6. The SMILES string of the molecule is Cc1nc2n3c(c(-c4ccc(=O)n(C)c4)cc-2c(=NC(C)c2cccc(C(F)F)c2F)n1)NC(C)C3. The molecule has 3 aliphatic heterocycles. The molecule has 2 atom stereocenters. The Kier molecular flexibility index (Phi) is 5.89. The monoisotopic (exact) mass is 494 g/mol. The number of pyridine rings is 2. The Bertz CT molecular complexity index is 1580. The molecule has 0 aliphatic carbocycles. The smallest absolute Gasteiger partial charge is 0.266 e. The summed E-state index contributed by atoms with van der Waals surface area (Å²) < 4.78 is 44.9. The van der Waals surface area contributed by atoms with Crippen LogP contribution in [0.25, 0.3) is 22.5 Å². The third kappa shape index (κ3) is 4.06. The number of nitrogens with zero attached hydrogens (tertiary/aromatic N) is 5. The van der Waals surface area contributed by atoms with Gasteiger partial charge in [0.15, 0.2) is 5.49 Å². The molecular weight excluding hydrogens is 469 g/mol. The molecule has 0 saturated carbocycles. The van der Waals surface area contributed by atoms with Crippen molar-refractivity contribution in [2.75, 3.05) is 5.32 Å². The van der Waals surface area contributed by atoms with Gasteiger partial charge in [0.1, 0.15) is 23.3 Å². The third-order valence-corrected chi connectivity index (χ3v) is 6.38. The fourth-order valence-corrected chi connectivity index (χ4v) is 4.62. The maximum Gasteiger partial charge on any atom is 0.266 e. The lowest BCUT2D eigenvalue weighted by molar-refractivity contribution is 0.146. The van der Waals surface area contributed by atoms with Gasteiger partial charge in [0, 0.05) is 48.6 Å². The highest BCUT2D eigenvalue weighted by Crippen LogP contribution is 2.37. The van der Waals surface area contributed by atoms with Gasteiger partial charge < -0.3 is 14.5 Å². The molecule has 3 aliphatic rings. The molecular formula is C26H25F3N6O. The molecule has 0 spiro atoms. The summed E-state index contributed by atoms with van der Waals surface area (Å²) in [5.41, 5.74) is 1.93. The van der Waals surface area contributed by atoms with Crippen LogP contribution < -0.4 is 16.4 Å². The van der Waals surface area contributed by atoms with Crippen molar-refractivity contribution in [3.8, 4) is 22.5 Å². The minimum Gasteiger partial charge on any atom is -0.367 e. The minimum absolute atomic E-state index is 0.0691. The molecule has 0 fully saturated rings. The Hall–Kier alpha value is -3.95. The molecule has 1 aromatic carbocycles. The van der Waals surface area contributed by atoms with Crippen molar-refractivity contribution >= 4 is 5.82 Å². The zero-order chi connectivity index (χ0) is 25.7. The first-order chi connectivity index (χ1) is 17.1. The van der Waals surface area contributed by atoms with Crippen LogP contribution in [0.15, 0.2) is 52.4 Å². The summed E-state index contributed by atoms with van der Waals surface area (Å²) in [7, 11) is 1.69. The van der Waals surface area contributed by atoms with Gasteiger partial charge in [0.25, 0.3) is 6.43 Å². The van der Waals surface area contributed by atoms with Gasteiger partial charge in [0.2, 0.25) is 5.56 Å². The molecule has 0 bridgehead atoms. The maximum atomic E-state index is 14.8. The Labute approximate surface area is 205 Å². The molecule has 4 heterocycles. The van der Waals surface area contributed by atoms with Gasteiger partial charge in [-0.2, -0.15) is 0 Å². The predicted octanol–water partition coefficient (Wildman–Crippen LogP) is 4.61. The third-order valence-electron chi connectivity index (χ3n) is 6.38. The number of halogens is 3. The van der Waals surface area contributed by atoms with E-state index >= 15 is 0 Å². The molecule has 0 saturated heterocycles. The Morgan fingerprint density at radius 3 is 2.61 bits per heavy atom. The highest BCUT2D eigenvalue weighted by molar-refractivity contribution is 5.82. The van der Waals surface area contributed by atoms with Gasteiger partial charge in [-0.3, -0.25) is 9.79 Å². The molecule has 2 aromatic rings. The zero-order valence-corrected chi connectivity index (χ0v) is 20.3. The lowest BCUT2D eigenvalue weighted by Crippen LogP contribution is -2.21. The summed E-state index contributed by atoms with van der Waals surface area (Å²) in [6.45, 7) is 6.11. The molecule has 1 aromatic heterocycles. The van der Waals surface area contributed by atoms with Crippen molar-refractivity contribution in [3.63, 3.8) is 0 Å². The van der Waals surface area contributed by atoms with Crippen LogP contribution in [0.5, 0.6) is 0 Å². The van der Waals surface area contributed by atoms with Crippen LogP contribution >= 0.6 is 0 Å². The molecule has 5 rings (SSSR count). The van der Waals surface area contributed by atoms with Crippen LogP contribution in [0.3, 0.4) is 0 Å². The van der Waals surface area contributed by atoms with E-state index in [2.05, 4.69) is 31.8 Å². The molecule has 10 heteroatoms. The molecule has 36 heavy (non-hydrogen) atoms. The average Bonchev–Trinajstić information content (AvgIpc) is 3.22. The topological polar surface area (TPSA) is 77.1 Å². The fraction of sp³-hybridized carbons (Fsp3) is 0.308. The van der Waals surface area contributed by atoms with Crippen molar-refractivity contribution in [2.24, 2.45) is 12.0 Å². The van der Waals surface area contributed by atoms with Gasteiger partial charge in [-0.05, 0) is 32.9 Å². The van der Waals surface area contributed by atoms with E-state index in [1.165, 1.54) is 22.8 Å². The number of fused-ring (bicyclic) bond motifs is 3. The number of rotatable bonds is 4. The standard InChI is InChI=1S/C26H25F3N6O/c1-13-11-35-25(30-13)19(16-8-9-21(36)34(4)12-16)10-20-24(32-15(3)33-26(20)35)31-14(2)17-6-5-7-18(22(17)27)23(28)29/h5-10,12-14,23,30H,11H2,1-4H3. The van der Waals surface area contributed by atoms with Crippen LogP contribution in [0.2, 0.25) is 0 Å². The van der Waals surface area contributed by atoms with E-state index in [1.54, 1.807) is 33.2 Å². The van der Waals surface area contributed by atoms with Crippen molar-refractivity contribution in [1.82, 2.24) is 19.1 Å². The first-order valence-corrected chi connectivity index (χ1v) is 11.6. The van der Waals surface area contributed by atoms with E-state index in [9.17, 15) is 18.0 Å². The van der Waals surface area contributed by atoms with Crippen LogP contribution in [0, 0.1) is 12.7 Å². The van der Waals surface area contributed by atoms with E-state index in [0.717, 1.165) is 23.0 Å². The Morgan fingerprint density at radius 1 is 1.14 bits per heavy atom. The lowest BCUT2D eigenvalue weighted by atomic mass is 10.0. The summed E-state index contributed by atoms with van der Waals surface area (Å²) in [6.07, 6.45) is -1.16.